The van der Waals surface area contributed by atoms with Crippen LogP contribution in [0.3, 0.4) is 0 Å². The van der Waals surface area contributed by atoms with Crippen molar-refractivity contribution < 1.29 is 4.79 Å². The number of nitrogens with zero attached hydrogens (tertiary/aromatic N) is 2. The Balaban J connectivity index is 2.40. The summed E-state index contributed by atoms with van der Waals surface area (Å²) in [6.07, 6.45) is 3.56. The lowest BCUT2D eigenvalue weighted by Gasteiger charge is -2.07. The van der Waals surface area contributed by atoms with Gasteiger partial charge in [0.25, 0.3) is 0 Å². The molecule has 0 aliphatic heterocycles. The van der Waals surface area contributed by atoms with Crippen molar-refractivity contribution in [1.29, 1.82) is 0 Å². The van der Waals surface area contributed by atoms with Gasteiger partial charge in [0, 0.05) is 23.8 Å². The van der Waals surface area contributed by atoms with Crippen LogP contribution in [0.4, 0.5) is 5.69 Å². The molecule has 88 valence electrons. The Labute approximate surface area is 103 Å². The molecular formula is C11H12N4OS. The molecule has 4 N–H and O–H groups in total. The summed E-state index contributed by atoms with van der Waals surface area (Å²) in [7, 11) is 1.83. The molecule has 0 aliphatic rings. The molecule has 0 saturated heterocycles. The predicted octanol–water partition coefficient (Wildman–Crippen LogP) is 1.25. The molecule has 0 bridgehead atoms. The van der Waals surface area contributed by atoms with E-state index in [9.17, 15) is 4.79 Å². The van der Waals surface area contributed by atoms with Gasteiger partial charge >= 0.3 is 0 Å². The molecule has 0 atom stereocenters. The summed E-state index contributed by atoms with van der Waals surface area (Å²) < 4.78 is 1.69. The predicted molar refractivity (Wildman–Crippen MR) is 66.7 cm³/mol. The molecular weight excluding hydrogens is 236 g/mol. The van der Waals surface area contributed by atoms with E-state index in [-0.39, 0.29) is 0 Å². The molecule has 0 spiro atoms. The number of primary amides is 1. The van der Waals surface area contributed by atoms with Gasteiger partial charge in [0.05, 0.1) is 16.7 Å². The molecule has 2 aromatic rings. The number of aryl methyl sites for hydroxylation is 1. The SMILES string of the molecule is Cn1cc(Sc2c(N)cccc2C(N)=O)cn1. The molecule has 6 heteroatoms. The van der Waals surface area contributed by atoms with Crippen LogP contribution in [0.2, 0.25) is 0 Å². The van der Waals surface area contributed by atoms with Crippen LogP contribution in [0, 0.1) is 0 Å². The summed E-state index contributed by atoms with van der Waals surface area (Å²) >= 11 is 1.38. The zero-order valence-corrected chi connectivity index (χ0v) is 10.1. The van der Waals surface area contributed by atoms with E-state index in [1.165, 1.54) is 11.8 Å². The topological polar surface area (TPSA) is 86.9 Å². The minimum Gasteiger partial charge on any atom is -0.398 e. The van der Waals surface area contributed by atoms with Crippen molar-refractivity contribution in [3.05, 3.63) is 36.2 Å². The summed E-state index contributed by atoms with van der Waals surface area (Å²) in [5.41, 5.74) is 12.1. The van der Waals surface area contributed by atoms with Gasteiger partial charge in [-0.2, -0.15) is 5.10 Å². The average molecular weight is 248 g/mol. The van der Waals surface area contributed by atoms with Crippen molar-refractivity contribution in [3.63, 3.8) is 0 Å². The molecule has 0 unspecified atom stereocenters. The van der Waals surface area contributed by atoms with Crippen LogP contribution in [-0.2, 0) is 7.05 Å². The summed E-state index contributed by atoms with van der Waals surface area (Å²) in [5, 5.41) is 4.06. The zero-order valence-electron chi connectivity index (χ0n) is 9.25. The number of benzene rings is 1. The van der Waals surface area contributed by atoms with E-state index in [0.717, 1.165) is 4.90 Å². The molecule has 2 rings (SSSR count). The third-order valence-electron chi connectivity index (χ3n) is 2.21. The number of carbonyl (C=O) groups excluding carboxylic acids is 1. The summed E-state index contributed by atoms with van der Waals surface area (Å²) in [4.78, 5) is 12.9. The first-order valence-corrected chi connectivity index (χ1v) is 5.74. The lowest BCUT2D eigenvalue weighted by Crippen LogP contribution is -2.12. The molecule has 0 aliphatic carbocycles. The van der Waals surface area contributed by atoms with E-state index in [1.807, 2.05) is 13.2 Å². The first-order valence-electron chi connectivity index (χ1n) is 4.92. The third kappa shape index (κ3) is 2.42. The second-order valence-electron chi connectivity index (χ2n) is 3.54. The fraction of sp³-hybridized carbons (Fsp3) is 0.0909. The van der Waals surface area contributed by atoms with E-state index < -0.39 is 5.91 Å². The molecule has 0 fully saturated rings. The Morgan fingerprint density at radius 2 is 2.24 bits per heavy atom. The highest BCUT2D eigenvalue weighted by Gasteiger charge is 2.12. The second-order valence-corrected chi connectivity index (χ2v) is 4.62. The van der Waals surface area contributed by atoms with Crippen LogP contribution >= 0.6 is 11.8 Å². The molecule has 0 radical (unpaired) electrons. The van der Waals surface area contributed by atoms with Gasteiger partial charge in [0.2, 0.25) is 5.91 Å². The molecule has 1 aromatic carbocycles. The number of rotatable bonds is 3. The molecule has 1 aromatic heterocycles. The number of nitrogens with two attached hydrogens (primary N) is 2. The Morgan fingerprint density at radius 1 is 1.47 bits per heavy atom. The maximum Gasteiger partial charge on any atom is 0.249 e. The first-order chi connectivity index (χ1) is 8.08. The molecule has 5 nitrogen and oxygen atoms in total. The van der Waals surface area contributed by atoms with Crippen molar-refractivity contribution in [3.8, 4) is 0 Å². The number of hydrogen-bond donors (Lipinski definition) is 2. The first kappa shape index (κ1) is 11.5. The number of aromatic nitrogens is 2. The van der Waals surface area contributed by atoms with Crippen molar-refractivity contribution >= 4 is 23.4 Å². The van der Waals surface area contributed by atoms with Crippen molar-refractivity contribution in [1.82, 2.24) is 9.78 Å². The summed E-state index contributed by atoms with van der Waals surface area (Å²) in [6, 6.07) is 5.12. The van der Waals surface area contributed by atoms with Crippen molar-refractivity contribution in [2.75, 3.05) is 5.73 Å². The maximum absolute atomic E-state index is 11.3. The number of carbonyl (C=O) groups is 1. The molecule has 0 saturated carbocycles. The lowest BCUT2D eigenvalue weighted by molar-refractivity contribution is 0.0997. The van der Waals surface area contributed by atoms with Crippen molar-refractivity contribution in [2.45, 2.75) is 9.79 Å². The highest BCUT2D eigenvalue weighted by Crippen LogP contribution is 2.34. The van der Waals surface area contributed by atoms with E-state index in [1.54, 1.807) is 29.1 Å². The van der Waals surface area contributed by atoms with E-state index in [4.69, 9.17) is 11.5 Å². The van der Waals surface area contributed by atoms with E-state index in [0.29, 0.717) is 16.1 Å². The number of hydrogen-bond acceptors (Lipinski definition) is 4. The normalized spacial score (nSPS) is 10.4. The summed E-state index contributed by atoms with van der Waals surface area (Å²) in [6.45, 7) is 0. The smallest absolute Gasteiger partial charge is 0.249 e. The minimum atomic E-state index is -0.483. The lowest BCUT2D eigenvalue weighted by atomic mass is 10.2. The Kier molecular flexibility index (Phi) is 3.06. The van der Waals surface area contributed by atoms with E-state index in [2.05, 4.69) is 5.10 Å². The van der Waals surface area contributed by atoms with E-state index >= 15 is 0 Å². The van der Waals surface area contributed by atoms with Gasteiger partial charge < -0.3 is 11.5 Å². The highest BCUT2D eigenvalue weighted by molar-refractivity contribution is 7.99. The van der Waals surface area contributed by atoms with Gasteiger partial charge in [-0.15, -0.1) is 0 Å². The number of amides is 1. The largest absolute Gasteiger partial charge is 0.398 e. The van der Waals surface area contributed by atoms with Crippen LogP contribution in [0.5, 0.6) is 0 Å². The van der Waals surface area contributed by atoms with Gasteiger partial charge in [-0.05, 0) is 12.1 Å². The van der Waals surface area contributed by atoms with Gasteiger partial charge in [0.1, 0.15) is 0 Å². The van der Waals surface area contributed by atoms with Crippen LogP contribution in [0.15, 0.2) is 40.4 Å². The van der Waals surface area contributed by atoms with Crippen molar-refractivity contribution in [2.24, 2.45) is 12.8 Å². The monoisotopic (exact) mass is 248 g/mol. The molecule has 1 heterocycles. The molecule has 1 amide bonds. The second kappa shape index (κ2) is 4.50. The van der Waals surface area contributed by atoms with Gasteiger partial charge in [0.15, 0.2) is 0 Å². The fourth-order valence-electron chi connectivity index (χ4n) is 1.43. The maximum atomic E-state index is 11.3. The zero-order chi connectivity index (χ0) is 12.4. The molecule has 17 heavy (non-hydrogen) atoms. The van der Waals surface area contributed by atoms with Gasteiger partial charge in [-0.3, -0.25) is 9.48 Å². The average Bonchev–Trinajstić information content (AvgIpc) is 2.67. The quantitative estimate of drug-likeness (QED) is 0.800. The Bertz CT molecular complexity index is 564. The number of nitrogen functional groups attached to an aromatic ring is 1. The minimum absolute atomic E-state index is 0.429. The van der Waals surface area contributed by atoms with Gasteiger partial charge in [-0.1, -0.05) is 17.8 Å². The van der Waals surface area contributed by atoms with Crippen LogP contribution in [0.1, 0.15) is 10.4 Å². The summed E-state index contributed by atoms with van der Waals surface area (Å²) in [5.74, 6) is -0.483. The fourth-order valence-corrected chi connectivity index (χ4v) is 2.44. The Morgan fingerprint density at radius 3 is 2.82 bits per heavy atom. The third-order valence-corrected chi connectivity index (χ3v) is 3.32. The van der Waals surface area contributed by atoms with Crippen LogP contribution < -0.4 is 11.5 Å². The van der Waals surface area contributed by atoms with Crippen LogP contribution in [-0.4, -0.2) is 15.7 Å². The Hall–Kier alpha value is -1.95. The standard InChI is InChI=1S/C11H12N4OS/c1-15-6-7(5-14-15)17-10-8(11(13)16)3-2-4-9(10)12/h2-6H,12H2,1H3,(H2,13,16). The van der Waals surface area contributed by atoms with Gasteiger partial charge in [-0.25, -0.2) is 0 Å². The highest BCUT2D eigenvalue weighted by atomic mass is 32.2. The number of anilines is 1. The van der Waals surface area contributed by atoms with Crippen LogP contribution in [0.25, 0.3) is 0 Å².